The van der Waals surface area contributed by atoms with E-state index in [-0.39, 0.29) is 12.5 Å². The summed E-state index contributed by atoms with van der Waals surface area (Å²) in [5.41, 5.74) is -0.0602. The van der Waals surface area contributed by atoms with E-state index in [0.29, 0.717) is 41.6 Å². The van der Waals surface area contributed by atoms with E-state index >= 15 is 0 Å². The molecule has 1 aliphatic heterocycles. The average molecular weight is 408 g/mol. The Morgan fingerprint density at radius 3 is 2.63 bits per heavy atom. The smallest absolute Gasteiger partial charge is 0.223 e. The van der Waals surface area contributed by atoms with Crippen LogP contribution in [0.3, 0.4) is 0 Å². The molecule has 0 unspecified atom stereocenters. The minimum absolute atomic E-state index is 0.0337. The summed E-state index contributed by atoms with van der Waals surface area (Å²) < 4.78 is 5.94. The Labute approximate surface area is 169 Å². The number of aliphatic hydroxyl groups is 1. The van der Waals surface area contributed by atoms with Crippen LogP contribution in [-0.4, -0.2) is 40.7 Å². The molecule has 1 aliphatic rings. The van der Waals surface area contributed by atoms with Gasteiger partial charge in [-0.3, -0.25) is 4.79 Å². The molecule has 2 aromatic carbocycles. The number of piperidine rings is 1. The second kappa shape index (κ2) is 8.51. The molecule has 144 valence electrons. The summed E-state index contributed by atoms with van der Waals surface area (Å²) in [5.74, 6) is 0.654. The highest BCUT2D eigenvalue weighted by Crippen LogP contribution is 2.28. The molecule has 4 nitrogen and oxygen atoms in total. The third-order valence-corrected chi connectivity index (χ3v) is 5.32. The van der Waals surface area contributed by atoms with Gasteiger partial charge in [-0.25, -0.2) is 0 Å². The number of nitrogens with zero attached hydrogens (tertiary/aromatic N) is 1. The van der Waals surface area contributed by atoms with Crippen LogP contribution < -0.4 is 4.74 Å². The van der Waals surface area contributed by atoms with E-state index in [0.717, 1.165) is 5.56 Å². The summed E-state index contributed by atoms with van der Waals surface area (Å²) in [6.07, 6.45) is 1.22. The molecule has 1 heterocycles. The summed E-state index contributed by atoms with van der Waals surface area (Å²) in [6.45, 7) is 2.51. The quantitative estimate of drug-likeness (QED) is 0.800. The number of carbonyl (C=O) groups is 1. The molecule has 1 amide bonds. The molecule has 1 N–H and O–H groups in total. The first kappa shape index (κ1) is 20.0. The Morgan fingerprint density at radius 2 is 1.96 bits per heavy atom. The molecule has 0 aliphatic carbocycles. The Kier molecular flexibility index (Phi) is 6.30. The maximum atomic E-state index is 12.6. The number of carbonyl (C=O) groups excluding carboxylic acids is 1. The minimum Gasteiger partial charge on any atom is -0.487 e. The first-order valence-electron chi connectivity index (χ1n) is 9.00. The molecule has 0 saturated carbocycles. The van der Waals surface area contributed by atoms with Crippen molar-refractivity contribution in [1.29, 1.82) is 0 Å². The first-order chi connectivity index (χ1) is 12.8. The van der Waals surface area contributed by atoms with E-state index < -0.39 is 11.7 Å². The molecule has 3 rings (SSSR count). The highest BCUT2D eigenvalue weighted by Gasteiger charge is 2.41. The van der Waals surface area contributed by atoms with Gasteiger partial charge >= 0.3 is 0 Å². The predicted octanol–water partition coefficient (Wildman–Crippen LogP) is 4.36. The highest BCUT2D eigenvalue weighted by molar-refractivity contribution is 6.30. The van der Waals surface area contributed by atoms with E-state index in [4.69, 9.17) is 27.9 Å². The van der Waals surface area contributed by atoms with Crippen molar-refractivity contribution in [3.05, 3.63) is 64.1 Å². The molecule has 0 radical (unpaired) electrons. The van der Waals surface area contributed by atoms with Gasteiger partial charge in [0.1, 0.15) is 17.5 Å². The largest absolute Gasteiger partial charge is 0.487 e. The summed E-state index contributed by atoms with van der Waals surface area (Å²) in [6, 6.07) is 14.6. The molecule has 1 saturated heterocycles. The van der Waals surface area contributed by atoms with Gasteiger partial charge in [-0.1, -0.05) is 41.4 Å². The molecule has 27 heavy (non-hydrogen) atoms. The second-order valence-corrected chi connectivity index (χ2v) is 8.02. The van der Waals surface area contributed by atoms with Crippen LogP contribution in [-0.2, 0) is 11.2 Å². The normalized spacial score (nSPS) is 22.5. The Balaban J connectivity index is 1.55. The second-order valence-electron chi connectivity index (χ2n) is 7.15. The number of hydrogen-bond donors (Lipinski definition) is 1. The SMILES string of the molecule is C[C@]1(O)CN(C(=O)CCc2ccc(Cl)cc2)CC[C@@H]1Oc1cccc(Cl)c1. The molecule has 2 atom stereocenters. The average Bonchev–Trinajstić information content (AvgIpc) is 2.62. The number of ether oxygens (including phenoxy) is 1. The lowest BCUT2D eigenvalue weighted by Crippen LogP contribution is -2.58. The van der Waals surface area contributed by atoms with Gasteiger partial charge in [0.05, 0.1) is 6.54 Å². The fourth-order valence-corrected chi connectivity index (χ4v) is 3.62. The third-order valence-electron chi connectivity index (χ3n) is 4.83. The van der Waals surface area contributed by atoms with Crippen LogP contribution in [0.25, 0.3) is 0 Å². The van der Waals surface area contributed by atoms with Crippen molar-refractivity contribution in [2.75, 3.05) is 13.1 Å². The number of aryl methyl sites for hydroxylation is 1. The van der Waals surface area contributed by atoms with Crippen LogP contribution in [0.1, 0.15) is 25.3 Å². The van der Waals surface area contributed by atoms with Crippen LogP contribution >= 0.6 is 23.2 Å². The number of benzene rings is 2. The fourth-order valence-electron chi connectivity index (χ4n) is 3.32. The lowest BCUT2D eigenvalue weighted by atomic mass is 9.91. The van der Waals surface area contributed by atoms with Crippen LogP contribution in [0.5, 0.6) is 5.75 Å². The van der Waals surface area contributed by atoms with Crippen molar-refractivity contribution >= 4 is 29.1 Å². The topological polar surface area (TPSA) is 49.8 Å². The molecular formula is C21H23Cl2NO3. The van der Waals surface area contributed by atoms with Gasteiger partial charge in [0, 0.05) is 29.4 Å². The van der Waals surface area contributed by atoms with Crippen molar-refractivity contribution in [2.45, 2.75) is 37.9 Å². The van der Waals surface area contributed by atoms with E-state index in [1.165, 1.54) is 0 Å². The van der Waals surface area contributed by atoms with Gasteiger partial charge in [-0.15, -0.1) is 0 Å². The van der Waals surface area contributed by atoms with Crippen LogP contribution in [0, 0.1) is 0 Å². The Bertz CT molecular complexity index is 792. The molecule has 1 fully saturated rings. The molecule has 0 spiro atoms. The van der Waals surface area contributed by atoms with Gasteiger partial charge < -0.3 is 14.7 Å². The van der Waals surface area contributed by atoms with Crippen molar-refractivity contribution in [2.24, 2.45) is 0 Å². The van der Waals surface area contributed by atoms with Gasteiger partial charge in [-0.2, -0.15) is 0 Å². The lowest BCUT2D eigenvalue weighted by Gasteiger charge is -2.42. The number of likely N-dealkylation sites (tertiary alicyclic amines) is 1. The van der Waals surface area contributed by atoms with E-state index in [1.807, 2.05) is 36.4 Å². The predicted molar refractivity (Wildman–Crippen MR) is 107 cm³/mol. The minimum atomic E-state index is -1.13. The number of amides is 1. The maximum Gasteiger partial charge on any atom is 0.223 e. The molecule has 2 aromatic rings. The van der Waals surface area contributed by atoms with Gasteiger partial charge in [0.15, 0.2) is 0 Å². The third kappa shape index (κ3) is 5.38. The molecule has 0 bridgehead atoms. The fraction of sp³-hybridized carbons (Fsp3) is 0.381. The summed E-state index contributed by atoms with van der Waals surface area (Å²) in [4.78, 5) is 14.3. The standard InChI is InChI=1S/C21H23Cl2NO3/c1-21(26)14-24(20(25)10-7-15-5-8-16(22)9-6-15)12-11-19(21)27-18-4-2-3-17(23)13-18/h2-6,8-9,13,19,26H,7,10-12,14H2,1H3/t19-,21-/m0/s1. The molecule has 0 aromatic heterocycles. The van der Waals surface area contributed by atoms with Crippen LogP contribution in [0.4, 0.5) is 0 Å². The number of halogens is 2. The summed E-state index contributed by atoms with van der Waals surface area (Å²) in [7, 11) is 0. The van der Waals surface area contributed by atoms with Crippen molar-refractivity contribution in [3.8, 4) is 5.75 Å². The zero-order valence-electron chi connectivity index (χ0n) is 15.2. The zero-order valence-corrected chi connectivity index (χ0v) is 16.7. The summed E-state index contributed by atoms with van der Waals surface area (Å²) >= 11 is 11.9. The van der Waals surface area contributed by atoms with Crippen LogP contribution in [0.2, 0.25) is 10.0 Å². The number of hydrogen-bond acceptors (Lipinski definition) is 3. The van der Waals surface area contributed by atoms with Gasteiger partial charge in [0.25, 0.3) is 0 Å². The van der Waals surface area contributed by atoms with Crippen molar-refractivity contribution in [3.63, 3.8) is 0 Å². The van der Waals surface area contributed by atoms with Gasteiger partial charge in [0.2, 0.25) is 5.91 Å². The first-order valence-corrected chi connectivity index (χ1v) is 9.76. The summed E-state index contributed by atoms with van der Waals surface area (Å²) in [5, 5.41) is 12.1. The zero-order chi connectivity index (χ0) is 19.4. The van der Waals surface area contributed by atoms with E-state index in [9.17, 15) is 9.90 Å². The Morgan fingerprint density at radius 1 is 1.22 bits per heavy atom. The molecular weight excluding hydrogens is 385 g/mol. The van der Waals surface area contributed by atoms with E-state index in [1.54, 1.807) is 24.0 Å². The van der Waals surface area contributed by atoms with Crippen LogP contribution in [0.15, 0.2) is 48.5 Å². The monoisotopic (exact) mass is 407 g/mol. The van der Waals surface area contributed by atoms with Gasteiger partial charge in [-0.05, 0) is 49.2 Å². The highest BCUT2D eigenvalue weighted by atomic mass is 35.5. The lowest BCUT2D eigenvalue weighted by molar-refractivity contribution is -0.145. The van der Waals surface area contributed by atoms with Crippen molar-refractivity contribution in [1.82, 2.24) is 4.90 Å². The van der Waals surface area contributed by atoms with E-state index in [2.05, 4.69) is 0 Å². The van der Waals surface area contributed by atoms with Crippen molar-refractivity contribution < 1.29 is 14.6 Å². The number of β-amino-alcohol motifs (C(OH)–C–C–N with tert-alkyl or cyclic N) is 1. The number of rotatable bonds is 5. The Hall–Kier alpha value is -1.75. The maximum absolute atomic E-state index is 12.6. The molecule has 6 heteroatoms.